The highest BCUT2D eigenvalue weighted by Gasteiger charge is 2.37. The van der Waals surface area contributed by atoms with Gasteiger partial charge in [-0.25, -0.2) is 78.9 Å². The molecule has 0 atom stereocenters. The fraction of sp³-hybridized carbons (Fsp3) is 0.235. The van der Waals surface area contributed by atoms with Crippen molar-refractivity contribution in [2.45, 2.75) is 120 Å². The smallest absolute Gasteiger partial charge is 0.255 e. The minimum Gasteiger partial charge on any atom is -0.393 e. The first-order valence-corrected chi connectivity index (χ1v) is 41.2. The van der Waals surface area contributed by atoms with Gasteiger partial charge in [-0.15, -0.1) is 0 Å². The van der Waals surface area contributed by atoms with Crippen molar-refractivity contribution in [2.75, 3.05) is 21.3 Å². The number of halogens is 13. The van der Waals surface area contributed by atoms with Crippen LogP contribution < -0.4 is 40.2 Å². The van der Waals surface area contributed by atoms with E-state index in [0.717, 1.165) is 54.6 Å². The average Bonchev–Trinajstić information content (AvgIpc) is 0.804. The number of carbonyl (C=O) groups is 4. The normalized spacial score (nSPS) is 19.3. The van der Waals surface area contributed by atoms with E-state index in [0.29, 0.717) is 31.4 Å². The molecule has 4 aliphatic rings. The van der Waals surface area contributed by atoms with Crippen molar-refractivity contribution < 1.29 is 99.6 Å². The summed E-state index contributed by atoms with van der Waals surface area (Å²) in [6, 6.07) is 25.9. The van der Waals surface area contributed by atoms with Crippen LogP contribution in [0.5, 0.6) is 0 Å². The molecule has 24 nitrogen and oxygen atoms in total. The van der Waals surface area contributed by atoms with Gasteiger partial charge in [0.25, 0.3) is 23.6 Å². The maximum absolute atomic E-state index is 14.1. The Hall–Kier alpha value is -6.89. The first-order chi connectivity index (χ1) is 51.0. The van der Waals surface area contributed by atoms with Gasteiger partial charge in [0.2, 0.25) is 40.1 Å². The number of amides is 4. The molecular formula is C68H59Br2Cl5F6N8O16S4. The van der Waals surface area contributed by atoms with Gasteiger partial charge in [0, 0.05) is 75.2 Å². The van der Waals surface area contributed by atoms with Gasteiger partial charge in [-0.05, 0) is 217 Å². The van der Waals surface area contributed by atoms with Gasteiger partial charge < -0.3 is 41.7 Å². The summed E-state index contributed by atoms with van der Waals surface area (Å²) in [6.07, 6.45) is 0.214. The zero-order chi connectivity index (χ0) is 79.9. The van der Waals surface area contributed by atoms with Crippen LogP contribution in [-0.4, -0.2) is 126 Å². The van der Waals surface area contributed by atoms with Crippen LogP contribution in [0.4, 0.5) is 49.1 Å². The molecular weight excluding hydrogens is 1760 g/mol. The van der Waals surface area contributed by atoms with Crippen LogP contribution in [0.15, 0.2) is 168 Å². The topological polar surface area (TPSA) is 382 Å². The van der Waals surface area contributed by atoms with Gasteiger partial charge >= 0.3 is 0 Å². The van der Waals surface area contributed by atoms with Crippen molar-refractivity contribution in [1.82, 2.24) is 18.9 Å². The zero-order valence-electron chi connectivity index (χ0n) is 55.3. The highest BCUT2D eigenvalue weighted by molar-refractivity contribution is 9.10. The number of anilines is 4. The second kappa shape index (κ2) is 36.3. The maximum atomic E-state index is 14.1. The molecule has 8 aromatic rings. The van der Waals surface area contributed by atoms with Crippen LogP contribution in [0.25, 0.3) is 0 Å². The molecule has 0 aliphatic heterocycles. The van der Waals surface area contributed by atoms with Crippen molar-refractivity contribution in [2.24, 2.45) is 0 Å². The fourth-order valence-corrected chi connectivity index (χ4v) is 18.3. The van der Waals surface area contributed by atoms with Crippen LogP contribution in [0.1, 0.15) is 92.8 Å². The summed E-state index contributed by atoms with van der Waals surface area (Å²) in [4.78, 5) is 48.1. The van der Waals surface area contributed by atoms with Crippen molar-refractivity contribution in [1.29, 1.82) is 0 Å². The number of hydrogen-bond donors (Lipinski definition) is 12. The van der Waals surface area contributed by atoms with E-state index in [9.17, 15) is 99.6 Å². The highest BCUT2D eigenvalue weighted by atomic mass is 79.9. The molecule has 109 heavy (non-hydrogen) atoms. The third kappa shape index (κ3) is 22.9. The van der Waals surface area contributed by atoms with E-state index in [-0.39, 0.29) is 121 Å². The van der Waals surface area contributed by atoms with E-state index >= 15 is 0 Å². The number of benzene rings is 8. The predicted octanol–water partition coefficient (Wildman–Crippen LogP) is 12.6. The Morgan fingerprint density at radius 2 is 0.578 bits per heavy atom. The van der Waals surface area contributed by atoms with Gasteiger partial charge in [0.15, 0.2) is 11.6 Å². The van der Waals surface area contributed by atoms with Crippen LogP contribution in [0.2, 0.25) is 25.1 Å². The molecule has 0 aromatic heterocycles. The van der Waals surface area contributed by atoms with Gasteiger partial charge in [0.1, 0.15) is 42.9 Å². The lowest BCUT2D eigenvalue weighted by molar-refractivity contribution is 0.0707. The number of sulfonamides is 4. The number of carbonyl (C=O) groups excluding carboxylic acids is 4. The summed E-state index contributed by atoms with van der Waals surface area (Å²) in [5.74, 6) is -7.70. The van der Waals surface area contributed by atoms with E-state index in [2.05, 4.69) is 72.0 Å². The Bertz CT molecular complexity index is 4930. The molecule has 12 rings (SSSR count). The zero-order valence-corrected chi connectivity index (χ0v) is 65.5. The molecule has 4 fully saturated rings. The van der Waals surface area contributed by atoms with E-state index in [1.807, 2.05) is 0 Å². The molecule has 0 radical (unpaired) electrons. The Morgan fingerprint density at radius 3 is 0.881 bits per heavy atom. The summed E-state index contributed by atoms with van der Waals surface area (Å²) >= 11 is 35.2. The summed E-state index contributed by atoms with van der Waals surface area (Å²) in [5, 5.41) is 46.2. The van der Waals surface area contributed by atoms with Crippen molar-refractivity contribution in [3.63, 3.8) is 0 Å². The third-order valence-electron chi connectivity index (χ3n) is 16.4. The molecule has 8 aromatic carbocycles. The van der Waals surface area contributed by atoms with Gasteiger partial charge in [-0.1, -0.05) is 58.0 Å². The number of nitrogens with one attached hydrogen (secondary N) is 8. The molecule has 4 saturated carbocycles. The number of rotatable bonds is 20. The Balaban J connectivity index is 0.000000167. The molecule has 0 unspecified atom stereocenters. The van der Waals surface area contributed by atoms with Gasteiger partial charge in [-0.2, -0.15) is 0 Å². The van der Waals surface area contributed by atoms with E-state index in [4.69, 9.17) is 58.0 Å². The minimum absolute atomic E-state index is 0.0246. The minimum atomic E-state index is -4.19. The molecule has 0 heterocycles. The molecule has 0 saturated heterocycles. The second-order valence-corrected chi connectivity index (χ2v) is 35.3. The lowest BCUT2D eigenvalue weighted by Gasteiger charge is -2.31. The van der Waals surface area contributed by atoms with Crippen LogP contribution in [0.3, 0.4) is 0 Å². The van der Waals surface area contributed by atoms with E-state index in [1.165, 1.54) is 84.9 Å². The molecule has 4 aliphatic carbocycles. The van der Waals surface area contributed by atoms with Crippen LogP contribution >= 0.6 is 89.9 Å². The van der Waals surface area contributed by atoms with E-state index in [1.54, 1.807) is 0 Å². The lowest BCUT2D eigenvalue weighted by Crippen LogP contribution is -2.46. The van der Waals surface area contributed by atoms with Crippen molar-refractivity contribution in [3.8, 4) is 0 Å². The average molecular weight is 1820 g/mol. The third-order valence-corrected chi connectivity index (χ3v) is 25.8. The first kappa shape index (κ1) is 86.1. The monoisotopic (exact) mass is 1820 g/mol. The SMILES string of the molecule is O=C(Nc1cc(F)c(F)c(Cl)c1)c1ccc(Cl)c(S(=O)(=O)NC2CC(O)C2)c1.O=C(Nc1ccc(F)c(Br)c1)c1ccc(Cl)c(S(=O)(=O)NC2CC(O)C2)c1.O=C(Nc1ccc(F)c(Br)c1)c1ccc(F)c(S(=O)(=O)NC2CC(O)C2)c1.O=C(Nc1ccc(F)c(Cl)c1)c1ccc(Cl)c(S(=O)(=O)NC2CC(O)C2)c1. The molecule has 0 bridgehead atoms. The second-order valence-electron chi connectivity index (χ2n) is 24.8. The van der Waals surface area contributed by atoms with E-state index < -0.39 is 145 Å². The highest BCUT2D eigenvalue weighted by Crippen LogP contribution is 2.34. The first-order valence-electron chi connectivity index (χ1n) is 31.8. The lowest BCUT2D eigenvalue weighted by atomic mass is 9.91. The van der Waals surface area contributed by atoms with Crippen LogP contribution in [0, 0.1) is 34.9 Å². The summed E-state index contributed by atoms with van der Waals surface area (Å²) in [7, 11) is -16.1. The quantitative estimate of drug-likeness (QED) is 0.0249. The molecule has 12 N–H and O–H groups in total. The van der Waals surface area contributed by atoms with Crippen molar-refractivity contribution >= 4 is 176 Å². The number of hydrogen-bond acceptors (Lipinski definition) is 16. The Morgan fingerprint density at radius 1 is 0.312 bits per heavy atom. The number of aliphatic hydroxyl groups is 4. The molecule has 0 spiro atoms. The molecule has 582 valence electrons. The molecule has 41 heteroatoms. The van der Waals surface area contributed by atoms with Crippen molar-refractivity contribution in [3.05, 3.63) is 231 Å². The summed E-state index contributed by atoms with van der Waals surface area (Å²) in [5.41, 5.74) is 0.757. The molecule has 4 amide bonds. The van der Waals surface area contributed by atoms with Gasteiger partial charge in [0.05, 0.1) is 58.5 Å². The Kier molecular flexibility index (Phi) is 28.7. The predicted molar refractivity (Wildman–Crippen MR) is 401 cm³/mol. The number of aliphatic hydroxyl groups excluding tert-OH is 4. The summed E-state index contributed by atoms with van der Waals surface area (Å²) < 4.78 is 190. The largest absolute Gasteiger partial charge is 0.393 e. The Labute approximate surface area is 661 Å². The van der Waals surface area contributed by atoms with Gasteiger partial charge in [-0.3, -0.25) is 19.2 Å². The maximum Gasteiger partial charge on any atom is 0.255 e. The van der Waals surface area contributed by atoms with Crippen LogP contribution in [-0.2, 0) is 40.1 Å². The summed E-state index contributed by atoms with van der Waals surface area (Å²) in [6.45, 7) is 0. The standard InChI is InChI=1S/C17H15BrClFN2O4S.C17H15BrF2N2O4S.C17H14Cl2F2N2O4S.C17H15Cl2FN2O4S/c18-13-8-10(2-4-15(13)20)21-17(24)9-1-3-14(19)16(5-9)27(25,26)22-11-6-12(23)7-11;18-13-8-10(2-4-14(13)19)21-17(24)9-1-3-15(20)16(5-9)27(25,26)22-11-6-12(23)7-11;18-12-2-1-8(3-15(12)28(26,27)23-10-4-11(24)5-10)17(25)22-9-6-13(19)16(21)14(20)7-9;18-13-3-1-9(17(24)21-10-2-4-15(20)14(19)8-10)5-16(13)27(25,26)22-11-6-12(23)7-11/h2*1-5,8,11-12,22-23H,6-7H2,(H,21,24);1-3,6-7,10-11,23-24H,4-5H2,(H,22,25);1-5,8,11-12,22-23H,6-7H2,(H,21,24). The fourth-order valence-electron chi connectivity index (χ4n) is 10.4.